The van der Waals surface area contributed by atoms with E-state index < -0.39 is 18.1 Å². The van der Waals surface area contributed by atoms with Crippen molar-refractivity contribution in [1.29, 1.82) is 0 Å². The third-order valence-corrected chi connectivity index (χ3v) is 7.36. The fourth-order valence-electron chi connectivity index (χ4n) is 5.26. The maximum atomic E-state index is 13.0. The van der Waals surface area contributed by atoms with Crippen molar-refractivity contribution >= 4 is 18.0 Å². The molecule has 2 aromatic carbocycles. The summed E-state index contributed by atoms with van der Waals surface area (Å²) >= 11 is 0. The van der Waals surface area contributed by atoms with Crippen LogP contribution in [0, 0.1) is 11.8 Å². The molecule has 2 aromatic rings. The summed E-state index contributed by atoms with van der Waals surface area (Å²) in [5, 5.41) is 12.1. The van der Waals surface area contributed by atoms with Crippen LogP contribution in [0.3, 0.4) is 0 Å². The summed E-state index contributed by atoms with van der Waals surface area (Å²) in [4.78, 5) is 38.1. The first kappa shape index (κ1) is 23.8. The van der Waals surface area contributed by atoms with E-state index in [4.69, 9.17) is 4.74 Å². The molecular weight excluding hydrogens is 432 g/mol. The molecule has 2 aliphatic rings. The molecule has 34 heavy (non-hydrogen) atoms. The standard InChI is InChI=1S/C27H32N2O5/c1-17(26(31)32)29(2)25(30)19-10-4-3-9-18(19)15-28-27(33)34-16-24-22-13-7-5-11-20(22)21-12-6-8-14-23(21)24/h5-8,11-14,17-19,24H,3-4,9-10,15-16H2,1-2H3,(H,28,33)(H,31,32)/t17-,18?,19?/m0/s1. The van der Waals surface area contributed by atoms with E-state index in [1.807, 2.05) is 24.3 Å². The number of hydrogen-bond donors (Lipinski definition) is 2. The maximum absolute atomic E-state index is 13.0. The number of ether oxygens (including phenoxy) is 1. The van der Waals surface area contributed by atoms with Gasteiger partial charge in [-0.05, 0) is 47.9 Å². The Hall–Kier alpha value is -3.35. The van der Waals surface area contributed by atoms with Crippen LogP contribution in [0.1, 0.15) is 49.7 Å². The van der Waals surface area contributed by atoms with Gasteiger partial charge in [-0.15, -0.1) is 0 Å². The number of hydrogen-bond acceptors (Lipinski definition) is 4. The molecule has 0 saturated heterocycles. The van der Waals surface area contributed by atoms with Crippen LogP contribution in [0.5, 0.6) is 0 Å². The number of carbonyl (C=O) groups is 3. The number of nitrogens with one attached hydrogen (secondary N) is 1. The molecule has 2 unspecified atom stereocenters. The summed E-state index contributed by atoms with van der Waals surface area (Å²) in [5.74, 6) is -1.54. The van der Waals surface area contributed by atoms with Gasteiger partial charge in [0.25, 0.3) is 0 Å². The number of carboxylic acid groups (broad SMARTS) is 1. The molecule has 2 aliphatic carbocycles. The summed E-state index contributed by atoms with van der Waals surface area (Å²) in [6.07, 6.45) is 2.93. The number of rotatable bonds is 7. The van der Waals surface area contributed by atoms with Gasteiger partial charge in [-0.1, -0.05) is 61.4 Å². The van der Waals surface area contributed by atoms with Gasteiger partial charge in [0.2, 0.25) is 5.91 Å². The molecule has 7 heteroatoms. The third kappa shape index (κ3) is 4.79. The number of nitrogens with zero attached hydrogens (tertiary/aromatic N) is 1. The van der Waals surface area contributed by atoms with E-state index in [1.54, 1.807) is 0 Å². The largest absolute Gasteiger partial charge is 0.480 e. The normalized spacial score (nSPS) is 20.1. The molecule has 1 fully saturated rings. The Morgan fingerprint density at radius 3 is 2.24 bits per heavy atom. The molecule has 4 rings (SSSR count). The number of carbonyl (C=O) groups excluding carboxylic acids is 2. The van der Waals surface area contributed by atoms with Gasteiger partial charge in [-0.2, -0.15) is 0 Å². The van der Waals surface area contributed by atoms with Crippen molar-refractivity contribution in [2.45, 2.75) is 44.6 Å². The predicted molar refractivity (Wildman–Crippen MR) is 128 cm³/mol. The Morgan fingerprint density at radius 1 is 1.03 bits per heavy atom. The van der Waals surface area contributed by atoms with E-state index in [9.17, 15) is 19.5 Å². The molecule has 2 N–H and O–H groups in total. The summed E-state index contributed by atoms with van der Waals surface area (Å²) in [7, 11) is 1.53. The van der Waals surface area contributed by atoms with Crippen molar-refractivity contribution < 1.29 is 24.2 Å². The molecule has 0 spiro atoms. The lowest BCUT2D eigenvalue weighted by atomic mass is 9.78. The zero-order chi connectivity index (χ0) is 24.2. The quantitative estimate of drug-likeness (QED) is 0.638. The Bertz CT molecular complexity index is 1020. The van der Waals surface area contributed by atoms with Crippen molar-refractivity contribution in [2.75, 3.05) is 20.2 Å². The average Bonchev–Trinajstić information content (AvgIpc) is 3.18. The minimum absolute atomic E-state index is 0.00619. The van der Waals surface area contributed by atoms with Crippen LogP contribution in [0.4, 0.5) is 4.79 Å². The first-order valence-corrected chi connectivity index (χ1v) is 12.0. The van der Waals surface area contributed by atoms with Crippen LogP contribution >= 0.6 is 0 Å². The number of carboxylic acids is 1. The fourth-order valence-corrected chi connectivity index (χ4v) is 5.26. The molecule has 3 atom stereocenters. The zero-order valence-electron chi connectivity index (χ0n) is 19.7. The molecule has 1 saturated carbocycles. The Labute approximate surface area is 200 Å². The lowest BCUT2D eigenvalue weighted by Gasteiger charge is -2.34. The van der Waals surface area contributed by atoms with Crippen LogP contribution in [0.15, 0.2) is 48.5 Å². The van der Waals surface area contributed by atoms with Gasteiger partial charge < -0.3 is 20.1 Å². The SMILES string of the molecule is C[C@@H](C(=O)O)N(C)C(=O)C1CCCCC1CNC(=O)OCC1c2ccccc2-c2ccccc21. The second-order valence-electron chi connectivity index (χ2n) is 9.32. The highest BCUT2D eigenvalue weighted by Gasteiger charge is 2.35. The van der Waals surface area contributed by atoms with E-state index in [1.165, 1.54) is 30.0 Å². The first-order chi connectivity index (χ1) is 16.4. The number of likely N-dealkylation sites (N-methyl/N-ethyl adjacent to an activating group) is 1. The second-order valence-corrected chi connectivity index (χ2v) is 9.32. The molecule has 0 radical (unpaired) electrons. The number of benzene rings is 2. The van der Waals surface area contributed by atoms with Gasteiger partial charge in [0.05, 0.1) is 0 Å². The van der Waals surface area contributed by atoms with Gasteiger partial charge in [-0.25, -0.2) is 9.59 Å². The maximum Gasteiger partial charge on any atom is 0.407 e. The Balaban J connectivity index is 1.35. The van der Waals surface area contributed by atoms with Crippen LogP contribution in [0.25, 0.3) is 11.1 Å². The van der Waals surface area contributed by atoms with E-state index in [0.29, 0.717) is 13.0 Å². The Morgan fingerprint density at radius 2 is 1.62 bits per heavy atom. The van der Waals surface area contributed by atoms with Gasteiger partial charge in [0.1, 0.15) is 12.6 Å². The van der Waals surface area contributed by atoms with Crippen LogP contribution in [-0.2, 0) is 14.3 Å². The third-order valence-electron chi connectivity index (χ3n) is 7.36. The molecule has 0 aliphatic heterocycles. The minimum Gasteiger partial charge on any atom is -0.480 e. The fraction of sp³-hybridized carbons (Fsp3) is 0.444. The number of amides is 2. The molecule has 7 nitrogen and oxygen atoms in total. The van der Waals surface area contributed by atoms with Gasteiger partial charge >= 0.3 is 12.1 Å². The molecule has 2 amide bonds. The van der Waals surface area contributed by atoms with Gasteiger partial charge in [0.15, 0.2) is 0 Å². The average molecular weight is 465 g/mol. The summed E-state index contributed by atoms with van der Waals surface area (Å²) < 4.78 is 5.62. The smallest absolute Gasteiger partial charge is 0.407 e. The number of fused-ring (bicyclic) bond motifs is 3. The minimum atomic E-state index is -1.03. The Kier molecular flexibility index (Phi) is 7.20. The monoisotopic (exact) mass is 464 g/mol. The van der Waals surface area contributed by atoms with Crippen molar-refractivity contribution in [3.63, 3.8) is 0 Å². The van der Waals surface area contributed by atoms with Gasteiger partial charge in [0, 0.05) is 25.4 Å². The molecule has 0 bridgehead atoms. The summed E-state index contributed by atoms with van der Waals surface area (Å²) in [5.41, 5.74) is 4.67. The van der Waals surface area contributed by atoms with Crippen LogP contribution in [0.2, 0.25) is 0 Å². The highest BCUT2D eigenvalue weighted by molar-refractivity contribution is 5.85. The van der Waals surface area contributed by atoms with Gasteiger partial charge in [-0.3, -0.25) is 4.79 Å². The van der Waals surface area contributed by atoms with Crippen molar-refractivity contribution in [1.82, 2.24) is 10.2 Å². The van der Waals surface area contributed by atoms with Crippen LogP contribution < -0.4 is 5.32 Å². The lowest BCUT2D eigenvalue weighted by molar-refractivity contribution is -0.151. The van der Waals surface area contributed by atoms with E-state index in [0.717, 1.165) is 30.4 Å². The molecule has 180 valence electrons. The number of aliphatic carboxylic acids is 1. The van der Waals surface area contributed by atoms with E-state index >= 15 is 0 Å². The zero-order valence-corrected chi connectivity index (χ0v) is 19.7. The van der Waals surface area contributed by atoms with Crippen molar-refractivity contribution in [3.05, 3.63) is 59.7 Å². The highest BCUT2D eigenvalue weighted by Crippen LogP contribution is 2.44. The highest BCUT2D eigenvalue weighted by atomic mass is 16.5. The first-order valence-electron chi connectivity index (χ1n) is 12.0. The summed E-state index contributed by atoms with van der Waals surface area (Å²) in [6, 6.07) is 15.5. The number of alkyl carbamates (subject to hydrolysis) is 1. The van der Waals surface area contributed by atoms with Crippen molar-refractivity contribution in [3.8, 4) is 11.1 Å². The molecular formula is C27H32N2O5. The lowest BCUT2D eigenvalue weighted by Crippen LogP contribution is -2.47. The summed E-state index contributed by atoms with van der Waals surface area (Å²) in [6.45, 7) is 2.08. The second kappa shape index (κ2) is 10.3. The topological polar surface area (TPSA) is 95.9 Å². The van der Waals surface area contributed by atoms with E-state index in [-0.39, 0.29) is 30.3 Å². The predicted octanol–water partition coefficient (Wildman–Crippen LogP) is 4.26. The van der Waals surface area contributed by atoms with E-state index in [2.05, 4.69) is 29.6 Å². The molecule has 0 heterocycles. The van der Waals surface area contributed by atoms with Crippen molar-refractivity contribution in [2.24, 2.45) is 11.8 Å². The van der Waals surface area contributed by atoms with Crippen LogP contribution in [-0.4, -0.2) is 54.2 Å². The molecule has 0 aromatic heterocycles.